The fourth-order valence-electron chi connectivity index (χ4n) is 4.29. The van der Waals surface area contributed by atoms with Gasteiger partial charge in [0, 0.05) is 38.5 Å². The van der Waals surface area contributed by atoms with Gasteiger partial charge < -0.3 is 19.3 Å². The largest absolute Gasteiger partial charge is 0.456 e. The summed E-state index contributed by atoms with van der Waals surface area (Å²) < 4.78 is 12.5. The lowest BCUT2D eigenvalue weighted by atomic mass is 9.88. The summed E-state index contributed by atoms with van der Waals surface area (Å²) in [5, 5.41) is 11.1. The Morgan fingerprint density at radius 3 is 2.68 bits per heavy atom. The first kappa shape index (κ1) is 19.8. The highest BCUT2D eigenvalue weighted by molar-refractivity contribution is 5.91. The average Bonchev–Trinajstić information content (AvgIpc) is 3.48. The van der Waals surface area contributed by atoms with E-state index in [9.17, 15) is 9.59 Å². The third-order valence-corrected chi connectivity index (χ3v) is 6.09. The summed E-state index contributed by atoms with van der Waals surface area (Å²) in [5.74, 6) is 0.236. The maximum absolute atomic E-state index is 13.2. The number of ether oxygens (including phenoxy) is 2. The minimum absolute atomic E-state index is 0.0506. The second-order valence-electron chi connectivity index (χ2n) is 7.91. The summed E-state index contributed by atoms with van der Waals surface area (Å²) in [7, 11) is 0. The van der Waals surface area contributed by atoms with E-state index >= 15 is 0 Å². The maximum Gasteiger partial charge on any atom is 0.333 e. The molecular formula is C20H23N7O4. The molecule has 0 radical (unpaired) electrons. The van der Waals surface area contributed by atoms with E-state index < -0.39 is 11.6 Å². The first-order chi connectivity index (χ1) is 15.1. The van der Waals surface area contributed by atoms with Gasteiger partial charge in [0.05, 0.1) is 12.3 Å². The van der Waals surface area contributed by atoms with Crippen LogP contribution in [0.25, 0.3) is 5.82 Å². The van der Waals surface area contributed by atoms with Gasteiger partial charge in [-0.15, -0.1) is 5.10 Å². The van der Waals surface area contributed by atoms with Gasteiger partial charge in [-0.3, -0.25) is 4.79 Å². The third-order valence-electron chi connectivity index (χ3n) is 6.09. The lowest BCUT2D eigenvalue weighted by molar-refractivity contribution is -0.177. The Hall–Kier alpha value is -3.18. The highest BCUT2D eigenvalue weighted by Crippen LogP contribution is 2.33. The molecule has 0 N–H and O–H groups in total. The Balaban J connectivity index is 1.15. The molecule has 2 aromatic heterocycles. The average molecular weight is 425 g/mol. The van der Waals surface area contributed by atoms with Crippen LogP contribution in [0, 0.1) is 0 Å². The van der Waals surface area contributed by atoms with Gasteiger partial charge in [-0.1, -0.05) is 6.07 Å². The fourth-order valence-corrected chi connectivity index (χ4v) is 4.29. The summed E-state index contributed by atoms with van der Waals surface area (Å²) in [6, 6.07) is 3.92. The molecule has 2 fully saturated rings. The summed E-state index contributed by atoms with van der Waals surface area (Å²) >= 11 is 0. The van der Waals surface area contributed by atoms with Crippen molar-refractivity contribution in [2.75, 3.05) is 39.4 Å². The molecule has 2 saturated heterocycles. The number of piperidine rings is 1. The van der Waals surface area contributed by atoms with Gasteiger partial charge in [-0.25, -0.2) is 9.78 Å². The molecule has 1 spiro atoms. The molecule has 11 heteroatoms. The van der Waals surface area contributed by atoms with Gasteiger partial charge in [0.25, 0.3) is 5.91 Å². The summed E-state index contributed by atoms with van der Waals surface area (Å²) in [6.45, 7) is 3.53. The number of rotatable bonds is 5. The van der Waals surface area contributed by atoms with Gasteiger partial charge in [0.2, 0.25) is 0 Å². The normalized spacial score (nSPS) is 21.4. The van der Waals surface area contributed by atoms with Crippen molar-refractivity contribution >= 4 is 11.9 Å². The van der Waals surface area contributed by atoms with Crippen molar-refractivity contribution < 1.29 is 19.1 Å². The Labute approximate surface area is 178 Å². The van der Waals surface area contributed by atoms with Crippen molar-refractivity contribution in [3.05, 3.63) is 42.0 Å². The second-order valence-corrected chi connectivity index (χ2v) is 7.91. The molecule has 0 aromatic carbocycles. The number of nitrogens with zero attached hydrogens (tertiary/aromatic N) is 7. The predicted octanol–water partition coefficient (Wildman–Crippen LogP) is -0.266. The topological polar surface area (TPSA) is 116 Å². The van der Waals surface area contributed by atoms with Crippen LogP contribution < -0.4 is 0 Å². The number of morpholine rings is 1. The highest BCUT2D eigenvalue weighted by atomic mass is 16.5. The second kappa shape index (κ2) is 8.16. The SMILES string of the molecule is O=C1C=C(N2CCOC3(CCN(CCc4ccc(-n5cnnn5)nc4)CC3)C2=O)CO1. The first-order valence-electron chi connectivity index (χ1n) is 10.4. The predicted molar refractivity (Wildman–Crippen MR) is 106 cm³/mol. The number of amides is 1. The van der Waals surface area contributed by atoms with Crippen LogP contribution in [0.1, 0.15) is 18.4 Å². The standard InChI is InChI=1S/C20H23N7O4/c28-18-11-16(13-30-18)26-9-10-31-20(19(26)29)4-7-25(8-5-20)6-3-15-1-2-17(21-12-15)27-14-22-23-24-27/h1-2,11-12,14H,3-10,13H2. The van der Waals surface area contributed by atoms with E-state index in [0.717, 1.165) is 31.6 Å². The number of tetrazole rings is 1. The van der Waals surface area contributed by atoms with Gasteiger partial charge in [-0.2, -0.15) is 4.68 Å². The van der Waals surface area contributed by atoms with Gasteiger partial charge in [0.15, 0.2) is 5.82 Å². The minimum Gasteiger partial charge on any atom is -0.456 e. The zero-order chi connectivity index (χ0) is 21.3. The van der Waals surface area contributed by atoms with Crippen LogP contribution in [-0.2, 0) is 25.5 Å². The Bertz CT molecular complexity index is 981. The molecule has 11 nitrogen and oxygen atoms in total. The molecule has 162 valence electrons. The maximum atomic E-state index is 13.2. The van der Waals surface area contributed by atoms with Crippen molar-refractivity contribution in [3.8, 4) is 5.82 Å². The van der Waals surface area contributed by atoms with Crippen molar-refractivity contribution in [1.29, 1.82) is 0 Å². The van der Waals surface area contributed by atoms with Gasteiger partial charge in [0.1, 0.15) is 18.5 Å². The van der Waals surface area contributed by atoms with E-state index in [1.54, 1.807) is 4.90 Å². The van der Waals surface area contributed by atoms with Crippen LogP contribution >= 0.6 is 0 Å². The van der Waals surface area contributed by atoms with Gasteiger partial charge >= 0.3 is 5.97 Å². The van der Waals surface area contributed by atoms with Crippen LogP contribution in [-0.4, -0.2) is 91.9 Å². The molecule has 0 unspecified atom stereocenters. The van der Waals surface area contributed by atoms with Gasteiger partial charge in [-0.05, 0) is 41.3 Å². The lowest BCUT2D eigenvalue weighted by Crippen LogP contribution is -2.60. The van der Waals surface area contributed by atoms with E-state index in [-0.39, 0.29) is 12.5 Å². The lowest BCUT2D eigenvalue weighted by Gasteiger charge is -2.46. The molecule has 31 heavy (non-hydrogen) atoms. The molecule has 0 atom stereocenters. The zero-order valence-electron chi connectivity index (χ0n) is 17.0. The summed E-state index contributed by atoms with van der Waals surface area (Å²) in [6.07, 6.45) is 6.90. The molecule has 1 amide bonds. The fraction of sp³-hybridized carbons (Fsp3) is 0.500. The van der Waals surface area contributed by atoms with Crippen LogP contribution in [0.5, 0.6) is 0 Å². The molecule has 3 aliphatic heterocycles. The van der Waals surface area contributed by atoms with E-state index in [1.165, 1.54) is 17.1 Å². The smallest absolute Gasteiger partial charge is 0.333 e. The Kier molecular flexibility index (Phi) is 5.20. The van der Waals surface area contributed by atoms with Crippen molar-refractivity contribution in [3.63, 3.8) is 0 Å². The number of pyridine rings is 1. The number of aromatic nitrogens is 5. The number of carbonyl (C=O) groups is 2. The third kappa shape index (κ3) is 3.93. The Morgan fingerprint density at radius 1 is 1.13 bits per heavy atom. The summed E-state index contributed by atoms with van der Waals surface area (Å²) in [4.78, 5) is 33.0. The number of carbonyl (C=O) groups excluding carboxylic acids is 2. The van der Waals surface area contributed by atoms with E-state index in [2.05, 4.69) is 25.4 Å². The van der Waals surface area contributed by atoms with Crippen molar-refractivity contribution in [1.82, 2.24) is 35.0 Å². The van der Waals surface area contributed by atoms with Crippen LogP contribution in [0.15, 0.2) is 36.4 Å². The van der Waals surface area contributed by atoms with E-state index in [4.69, 9.17) is 9.47 Å². The highest BCUT2D eigenvalue weighted by Gasteiger charge is 2.48. The summed E-state index contributed by atoms with van der Waals surface area (Å²) in [5.41, 5.74) is 0.972. The van der Waals surface area contributed by atoms with E-state index in [0.29, 0.717) is 37.5 Å². The molecule has 0 aliphatic carbocycles. The number of likely N-dealkylation sites (tertiary alicyclic amines) is 1. The quantitative estimate of drug-likeness (QED) is 0.597. The number of hydrogen-bond acceptors (Lipinski definition) is 9. The molecule has 0 saturated carbocycles. The minimum atomic E-state index is -0.795. The molecule has 3 aliphatic rings. The van der Waals surface area contributed by atoms with Crippen molar-refractivity contribution in [2.45, 2.75) is 24.9 Å². The molecule has 5 heterocycles. The van der Waals surface area contributed by atoms with Crippen LogP contribution in [0.2, 0.25) is 0 Å². The van der Waals surface area contributed by atoms with Crippen LogP contribution in [0.4, 0.5) is 0 Å². The molecule has 2 aromatic rings. The monoisotopic (exact) mass is 425 g/mol. The van der Waals surface area contributed by atoms with Crippen LogP contribution in [0.3, 0.4) is 0 Å². The Morgan fingerprint density at radius 2 is 2.00 bits per heavy atom. The first-order valence-corrected chi connectivity index (χ1v) is 10.4. The van der Waals surface area contributed by atoms with E-state index in [1.807, 2.05) is 18.3 Å². The molecule has 5 rings (SSSR count). The number of hydrogen-bond donors (Lipinski definition) is 0. The molecular weight excluding hydrogens is 402 g/mol. The zero-order valence-corrected chi connectivity index (χ0v) is 17.0. The number of cyclic esters (lactones) is 1. The number of esters is 1. The van der Waals surface area contributed by atoms with Crippen molar-refractivity contribution in [2.24, 2.45) is 0 Å². The molecule has 0 bridgehead atoms.